The van der Waals surface area contributed by atoms with Crippen molar-refractivity contribution < 1.29 is 14.0 Å². The van der Waals surface area contributed by atoms with Crippen molar-refractivity contribution in [3.63, 3.8) is 0 Å². The molecule has 1 unspecified atom stereocenters. The van der Waals surface area contributed by atoms with E-state index in [1.165, 1.54) is 42.9 Å². The number of aryl methyl sites for hydroxylation is 1. The van der Waals surface area contributed by atoms with Crippen molar-refractivity contribution in [2.75, 3.05) is 23.7 Å². The van der Waals surface area contributed by atoms with E-state index in [1.807, 2.05) is 0 Å². The van der Waals surface area contributed by atoms with Gasteiger partial charge in [0.2, 0.25) is 5.91 Å². The number of nitrogens with one attached hydrogen (secondary N) is 2. The van der Waals surface area contributed by atoms with E-state index < -0.39 is 23.0 Å². The van der Waals surface area contributed by atoms with Gasteiger partial charge in [-0.3, -0.25) is 28.4 Å². The van der Waals surface area contributed by atoms with Crippen LogP contribution in [0.3, 0.4) is 0 Å². The van der Waals surface area contributed by atoms with Gasteiger partial charge in [0.1, 0.15) is 10.6 Å². The van der Waals surface area contributed by atoms with Gasteiger partial charge in [0.15, 0.2) is 0 Å². The number of anilines is 2. The van der Waals surface area contributed by atoms with Gasteiger partial charge in [0.25, 0.3) is 11.5 Å². The van der Waals surface area contributed by atoms with Gasteiger partial charge < -0.3 is 10.6 Å². The van der Waals surface area contributed by atoms with Crippen LogP contribution in [0.4, 0.5) is 15.8 Å². The van der Waals surface area contributed by atoms with Crippen molar-refractivity contribution in [1.29, 1.82) is 0 Å². The van der Waals surface area contributed by atoms with Crippen LogP contribution in [0.25, 0.3) is 10.2 Å². The number of amides is 2. The SMILES string of the molecule is CC1CCCCN1CC(=O)Nc1ccc(F)c(NC(=O)c2cc3c(=O)n(C)c(=O)n(C)c3s2)c1. The number of piperidine rings is 1. The van der Waals surface area contributed by atoms with E-state index >= 15 is 0 Å². The zero-order chi connectivity index (χ0) is 24.6. The van der Waals surface area contributed by atoms with Crippen LogP contribution in [0.15, 0.2) is 33.9 Å². The molecule has 1 fully saturated rings. The summed E-state index contributed by atoms with van der Waals surface area (Å²) in [6.07, 6.45) is 3.27. The van der Waals surface area contributed by atoms with Crippen LogP contribution in [-0.2, 0) is 18.9 Å². The number of rotatable bonds is 5. The average Bonchev–Trinajstić information content (AvgIpc) is 3.26. The third-order valence-corrected chi connectivity index (χ3v) is 7.35. The molecule has 2 aromatic heterocycles. The summed E-state index contributed by atoms with van der Waals surface area (Å²) in [6.45, 7) is 3.21. The number of carbonyl (C=O) groups excluding carboxylic acids is 2. The first-order valence-corrected chi connectivity index (χ1v) is 11.8. The number of likely N-dealkylation sites (tertiary alicyclic amines) is 1. The van der Waals surface area contributed by atoms with Gasteiger partial charge in [-0.15, -0.1) is 11.3 Å². The topological polar surface area (TPSA) is 105 Å². The Bertz CT molecular complexity index is 1390. The smallest absolute Gasteiger partial charge is 0.325 e. The summed E-state index contributed by atoms with van der Waals surface area (Å²) in [5, 5.41) is 5.49. The number of carbonyl (C=O) groups is 2. The quantitative estimate of drug-likeness (QED) is 0.575. The Morgan fingerprint density at radius 3 is 2.62 bits per heavy atom. The molecule has 0 radical (unpaired) electrons. The molecule has 4 rings (SSSR count). The number of benzene rings is 1. The highest BCUT2D eigenvalue weighted by Gasteiger charge is 2.21. The Labute approximate surface area is 198 Å². The molecule has 1 aliphatic heterocycles. The van der Waals surface area contributed by atoms with E-state index in [1.54, 1.807) is 0 Å². The molecule has 1 atom stereocenters. The molecule has 34 heavy (non-hydrogen) atoms. The van der Waals surface area contributed by atoms with Gasteiger partial charge in [-0.1, -0.05) is 6.42 Å². The Balaban J connectivity index is 1.51. The Morgan fingerprint density at radius 1 is 1.12 bits per heavy atom. The zero-order valence-corrected chi connectivity index (χ0v) is 20.0. The van der Waals surface area contributed by atoms with E-state index in [0.29, 0.717) is 16.6 Å². The first-order valence-electron chi connectivity index (χ1n) is 11.0. The summed E-state index contributed by atoms with van der Waals surface area (Å²) >= 11 is 0.968. The normalized spacial score (nSPS) is 16.5. The minimum Gasteiger partial charge on any atom is -0.325 e. The number of fused-ring (bicyclic) bond motifs is 1. The number of halogens is 1. The lowest BCUT2D eigenvalue weighted by Gasteiger charge is -2.32. The van der Waals surface area contributed by atoms with Crippen molar-refractivity contribution in [2.24, 2.45) is 14.1 Å². The van der Waals surface area contributed by atoms with Crippen LogP contribution in [-0.4, -0.2) is 45.0 Å². The molecular formula is C23H26FN5O4S. The monoisotopic (exact) mass is 487 g/mol. The lowest BCUT2D eigenvalue weighted by molar-refractivity contribution is -0.118. The van der Waals surface area contributed by atoms with Gasteiger partial charge in [0, 0.05) is 25.8 Å². The largest absolute Gasteiger partial charge is 0.331 e. The van der Waals surface area contributed by atoms with Crippen LogP contribution in [0, 0.1) is 5.82 Å². The fourth-order valence-corrected chi connectivity index (χ4v) is 5.14. The molecule has 2 N–H and O–H groups in total. The fraction of sp³-hybridized carbons (Fsp3) is 0.391. The summed E-state index contributed by atoms with van der Waals surface area (Å²) in [6, 6.07) is 5.67. The first kappa shape index (κ1) is 23.8. The minimum absolute atomic E-state index is 0.103. The van der Waals surface area contributed by atoms with Crippen molar-refractivity contribution in [3.8, 4) is 0 Å². The molecule has 2 amide bonds. The highest BCUT2D eigenvalue weighted by molar-refractivity contribution is 7.20. The van der Waals surface area contributed by atoms with Crippen molar-refractivity contribution in [1.82, 2.24) is 14.0 Å². The predicted octanol–water partition coefficient (Wildman–Crippen LogP) is 2.50. The van der Waals surface area contributed by atoms with E-state index in [0.717, 1.165) is 41.7 Å². The standard InChI is InChI=1S/C23H26FN5O4S/c1-13-6-4-5-9-29(13)12-19(30)25-14-7-8-16(24)17(10-14)26-20(31)18-11-15-21(32)27(2)23(33)28(3)22(15)34-18/h7-8,10-11,13H,4-6,9,12H2,1-3H3,(H,25,30)(H,26,31). The molecule has 3 aromatic rings. The summed E-state index contributed by atoms with van der Waals surface area (Å²) < 4.78 is 16.7. The van der Waals surface area contributed by atoms with Crippen molar-refractivity contribution >= 4 is 44.7 Å². The highest BCUT2D eigenvalue weighted by Crippen LogP contribution is 2.25. The fourth-order valence-electron chi connectivity index (χ4n) is 4.14. The molecule has 9 nitrogen and oxygen atoms in total. The summed E-state index contributed by atoms with van der Waals surface area (Å²) in [4.78, 5) is 52.4. The van der Waals surface area contributed by atoms with Gasteiger partial charge >= 0.3 is 5.69 Å². The third kappa shape index (κ3) is 4.66. The van der Waals surface area contributed by atoms with Gasteiger partial charge in [-0.05, 0) is 50.6 Å². The summed E-state index contributed by atoms with van der Waals surface area (Å²) in [7, 11) is 2.88. The number of aromatic nitrogens is 2. The number of thiophene rings is 1. The molecule has 11 heteroatoms. The molecule has 180 valence electrons. The first-order chi connectivity index (χ1) is 16.2. The van der Waals surface area contributed by atoms with Crippen LogP contribution < -0.4 is 21.9 Å². The maximum atomic E-state index is 14.4. The predicted molar refractivity (Wildman–Crippen MR) is 130 cm³/mol. The average molecular weight is 488 g/mol. The second-order valence-electron chi connectivity index (χ2n) is 8.55. The van der Waals surface area contributed by atoms with Crippen LogP contribution in [0.2, 0.25) is 0 Å². The van der Waals surface area contributed by atoms with E-state index in [9.17, 15) is 23.6 Å². The maximum absolute atomic E-state index is 14.4. The van der Waals surface area contributed by atoms with Crippen LogP contribution in [0.5, 0.6) is 0 Å². The molecular weight excluding hydrogens is 461 g/mol. The Morgan fingerprint density at radius 2 is 1.88 bits per heavy atom. The number of hydrogen-bond donors (Lipinski definition) is 2. The van der Waals surface area contributed by atoms with Gasteiger partial charge in [-0.2, -0.15) is 0 Å². The van der Waals surface area contributed by atoms with Crippen LogP contribution >= 0.6 is 11.3 Å². The highest BCUT2D eigenvalue weighted by atomic mass is 32.1. The number of nitrogens with zero attached hydrogens (tertiary/aromatic N) is 3. The summed E-state index contributed by atoms with van der Waals surface area (Å²) in [5.74, 6) is -1.50. The molecule has 0 spiro atoms. The second-order valence-corrected chi connectivity index (χ2v) is 9.58. The molecule has 1 saturated heterocycles. The second kappa shape index (κ2) is 9.51. The number of hydrogen-bond acceptors (Lipinski definition) is 6. The Kier molecular flexibility index (Phi) is 6.67. The lowest BCUT2D eigenvalue weighted by atomic mass is 10.0. The third-order valence-electron chi connectivity index (χ3n) is 6.14. The molecule has 1 aromatic carbocycles. The maximum Gasteiger partial charge on any atom is 0.331 e. The zero-order valence-electron chi connectivity index (χ0n) is 19.2. The summed E-state index contributed by atoms with van der Waals surface area (Å²) in [5.41, 5.74) is -0.751. The molecule has 0 bridgehead atoms. The van der Waals surface area contributed by atoms with E-state index in [4.69, 9.17) is 0 Å². The molecule has 1 aliphatic rings. The molecule has 3 heterocycles. The van der Waals surface area contributed by atoms with Crippen molar-refractivity contribution in [3.05, 3.63) is 55.8 Å². The lowest BCUT2D eigenvalue weighted by Crippen LogP contribution is -2.42. The Hall–Kier alpha value is -3.31. The van der Waals surface area contributed by atoms with Crippen molar-refractivity contribution in [2.45, 2.75) is 32.2 Å². The van der Waals surface area contributed by atoms with E-state index in [-0.39, 0.29) is 28.4 Å². The van der Waals surface area contributed by atoms with Crippen LogP contribution in [0.1, 0.15) is 35.9 Å². The van der Waals surface area contributed by atoms with Gasteiger partial charge in [0.05, 0.1) is 22.5 Å². The van der Waals surface area contributed by atoms with Gasteiger partial charge in [-0.25, -0.2) is 9.18 Å². The molecule has 0 aliphatic carbocycles. The van der Waals surface area contributed by atoms with E-state index in [2.05, 4.69) is 22.5 Å². The minimum atomic E-state index is -0.666. The molecule has 0 saturated carbocycles.